The highest BCUT2D eigenvalue weighted by molar-refractivity contribution is 7.89. The van der Waals surface area contributed by atoms with E-state index in [2.05, 4.69) is 10.3 Å². The Kier molecular flexibility index (Phi) is 7.98. The van der Waals surface area contributed by atoms with Gasteiger partial charge in [-0.25, -0.2) is 13.4 Å². The van der Waals surface area contributed by atoms with Gasteiger partial charge in [-0.2, -0.15) is 17.5 Å². The van der Waals surface area contributed by atoms with Gasteiger partial charge in [-0.05, 0) is 54.1 Å². The Balaban J connectivity index is 1.40. The fraction of sp³-hybridized carbons (Fsp3) is 0.250. The van der Waals surface area contributed by atoms with E-state index in [1.54, 1.807) is 29.2 Å². The van der Waals surface area contributed by atoms with Crippen molar-refractivity contribution in [1.29, 1.82) is 0 Å². The van der Waals surface area contributed by atoms with Crippen LogP contribution in [0.3, 0.4) is 0 Å². The highest BCUT2D eigenvalue weighted by Gasteiger charge is 2.33. The zero-order chi connectivity index (χ0) is 26.8. The van der Waals surface area contributed by atoms with Gasteiger partial charge in [0, 0.05) is 43.3 Å². The zero-order valence-corrected chi connectivity index (χ0v) is 21.5. The second kappa shape index (κ2) is 10.9. The van der Waals surface area contributed by atoms with Crippen molar-refractivity contribution in [2.45, 2.75) is 17.0 Å². The Morgan fingerprint density at radius 3 is 2.16 bits per heavy atom. The van der Waals surface area contributed by atoms with Gasteiger partial charge in [0.05, 0.1) is 10.5 Å². The molecule has 1 aliphatic heterocycles. The summed E-state index contributed by atoms with van der Waals surface area (Å²) in [5, 5.41) is 2.42. The molecule has 1 fully saturated rings. The summed E-state index contributed by atoms with van der Waals surface area (Å²) < 4.78 is 66.8. The number of halogens is 5. The number of amides is 1. The standard InChI is InChI=1S/C24H21Cl2F3N4O3S/c25-15-16-1-3-17(4-2-16)23(34)30-19-5-7-20(8-6-19)37(35,36)33-11-9-32(10-12-33)22-14-18(24(27,28)29)13-21(26)31-22/h1-8,13-14H,9-12,15H2,(H,30,34). The number of nitrogens with zero attached hydrogens (tertiary/aromatic N) is 3. The molecule has 0 atom stereocenters. The molecule has 1 amide bonds. The van der Waals surface area contributed by atoms with Gasteiger partial charge in [0.2, 0.25) is 10.0 Å². The van der Waals surface area contributed by atoms with Crippen molar-refractivity contribution in [3.8, 4) is 0 Å². The minimum Gasteiger partial charge on any atom is -0.354 e. The lowest BCUT2D eigenvalue weighted by Gasteiger charge is -2.35. The van der Waals surface area contributed by atoms with Crippen LogP contribution in [0.4, 0.5) is 24.7 Å². The maximum atomic E-state index is 13.1. The van der Waals surface area contributed by atoms with Crippen molar-refractivity contribution in [2.24, 2.45) is 0 Å². The number of alkyl halides is 4. The van der Waals surface area contributed by atoms with Gasteiger partial charge in [0.1, 0.15) is 11.0 Å². The number of piperazine rings is 1. The molecule has 1 aliphatic rings. The van der Waals surface area contributed by atoms with Gasteiger partial charge in [-0.1, -0.05) is 23.7 Å². The molecule has 1 N–H and O–H groups in total. The molecule has 196 valence electrons. The molecule has 1 saturated heterocycles. The SMILES string of the molecule is O=C(Nc1ccc(S(=O)(=O)N2CCN(c3cc(C(F)(F)F)cc(Cl)n3)CC2)cc1)c1ccc(CCl)cc1. The molecule has 3 aromatic rings. The van der Waals surface area contributed by atoms with E-state index < -0.39 is 21.8 Å². The highest BCUT2D eigenvalue weighted by Crippen LogP contribution is 2.33. The van der Waals surface area contributed by atoms with Gasteiger partial charge >= 0.3 is 6.18 Å². The van der Waals surface area contributed by atoms with Gasteiger partial charge in [0.25, 0.3) is 5.91 Å². The van der Waals surface area contributed by atoms with Gasteiger partial charge < -0.3 is 10.2 Å². The fourth-order valence-electron chi connectivity index (χ4n) is 3.77. The first-order valence-corrected chi connectivity index (χ1v) is 13.4. The van der Waals surface area contributed by atoms with Crippen molar-refractivity contribution in [1.82, 2.24) is 9.29 Å². The largest absolute Gasteiger partial charge is 0.416 e. The molecule has 0 unspecified atom stereocenters. The number of benzene rings is 2. The van der Waals surface area contributed by atoms with Crippen molar-refractivity contribution >= 4 is 50.6 Å². The van der Waals surface area contributed by atoms with E-state index in [-0.39, 0.29) is 48.0 Å². The molecule has 0 bridgehead atoms. The molecule has 4 rings (SSSR count). The smallest absolute Gasteiger partial charge is 0.354 e. The Hall–Kier alpha value is -2.86. The number of pyridine rings is 1. The van der Waals surface area contributed by atoms with Crippen LogP contribution in [0.25, 0.3) is 0 Å². The van der Waals surface area contributed by atoms with Gasteiger partial charge in [-0.3, -0.25) is 4.79 Å². The number of aromatic nitrogens is 1. The summed E-state index contributed by atoms with van der Waals surface area (Å²) in [5.41, 5.74) is 0.808. The van der Waals surface area contributed by atoms with E-state index in [1.807, 2.05) is 0 Å². The quantitative estimate of drug-likeness (QED) is 0.322. The number of nitrogens with one attached hydrogen (secondary N) is 1. The van der Waals surface area contributed by atoms with E-state index in [0.29, 0.717) is 17.1 Å². The lowest BCUT2D eigenvalue weighted by molar-refractivity contribution is -0.137. The predicted molar refractivity (Wildman–Crippen MR) is 136 cm³/mol. The second-order valence-corrected chi connectivity index (χ2v) is 10.8. The van der Waals surface area contributed by atoms with Crippen molar-refractivity contribution in [2.75, 3.05) is 36.4 Å². The van der Waals surface area contributed by atoms with Crippen molar-refractivity contribution in [3.63, 3.8) is 0 Å². The number of carbonyl (C=O) groups excluding carboxylic acids is 1. The molecule has 2 aromatic carbocycles. The molecule has 0 saturated carbocycles. The monoisotopic (exact) mass is 572 g/mol. The number of sulfonamides is 1. The first-order valence-electron chi connectivity index (χ1n) is 11.0. The van der Waals surface area contributed by atoms with Crippen molar-refractivity contribution in [3.05, 3.63) is 82.5 Å². The molecule has 1 aromatic heterocycles. The third kappa shape index (κ3) is 6.35. The van der Waals surface area contributed by atoms with E-state index in [0.717, 1.165) is 17.7 Å². The van der Waals surface area contributed by atoms with E-state index in [1.165, 1.54) is 28.6 Å². The summed E-state index contributed by atoms with van der Waals surface area (Å²) >= 11 is 11.5. The van der Waals surface area contributed by atoms with E-state index in [4.69, 9.17) is 23.2 Å². The molecule has 37 heavy (non-hydrogen) atoms. The fourth-order valence-corrected chi connectivity index (χ4v) is 5.58. The normalized spacial score (nSPS) is 15.0. The van der Waals surface area contributed by atoms with Crippen LogP contribution in [-0.2, 0) is 22.1 Å². The lowest BCUT2D eigenvalue weighted by atomic mass is 10.1. The number of rotatable bonds is 6. The maximum Gasteiger partial charge on any atom is 0.416 e. The number of carbonyl (C=O) groups is 1. The van der Waals surface area contributed by atoms with Crippen LogP contribution in [-0.4, -0.2) is 49.8 Å². The minimum atomic E-state index is -4.58. The van der Waals surface area contributed by atoms with Crippen LogP contribution in [0.1, 0.15) is 21.5 Å². The molecule has 0 spiro atoms. The highest BCUT2D eigenvalue weighted by atomic mass is 35.5. The Labute approximate surface area is 221 Å². The average molecular weight is 573 g/mol. The topological polar surface area (TPSA) is 82.6 Å². The molecule has 0 aliphatic carbocycles. The third-order valence-corrected chi connectivity index (χ3v) is 8.21. The molecule has 7 nitrogen and oxygen atoms in total. The van der Waals surface area contributed by atoms with E-state index >= 15 is 0 Å². The third-order valence-electron chi connectivity index (χ3n) is 5.79. The molecule has 2 heterocycles. The number of anilines is 2. The maximum absolute atomic E-state index is 13.1. The first-order chi connectivity index (χ1) is 17.5. The van der Waals surface area contributed by atoms with Crippen LogP contribution in [0, 0.1) is 0 Å². The summed E-state index contributed by atoms with van der Waals surface area (Å²) in [6, 6.07) is 14.2. The molecule has 0 radical (unpaired) electrons. The summed E-state index contributed by atoms with van der Waals surface area (Å²) in [5.74, 6) is 0.0223. The van der Waals surface area contributed by atoms with Crippen LogP contribution in [0.15, 0.2) is 65.6 Å². The van der Waals surface area contributed by atoms with Crippen LogP contribution < -0.4 is 10.2 Å². The average Bonchev–Trinajstić information content (AvgIpc) is 2.88. The summed E-state index contributed by atoms with van der Waals surface area (Å²) in [6.45, 7) is 0.379. The Morgan fingerprint density at radius 2 is 1.59 bits per heavy atom. The summed E-state index contributed by atoms with van der Waals surface area (Å²) in [7, 11) is -3.86. The molecular weight excluding hydrogens is 552 g/mol. The van der Waals surface area contributed by atoms with Crippen molar-refractivity contribution < 1.29 is 26.4 Å². The Morgan fingerprint density at radius 1 is 0.973 bits per heavy atom. The van der Waals surface area contributed by atoms with E-state index in [9.17, 15) is 26.4 Å². The lowest BCUT2D eigenvalue weighted by Crippen LogP contribution is -2.49. The second-order valence-electron chi connectivity index (χ2n) is 8.23. The molecule has 13 heteroatoms. The number of hydrogen-bond acceptors (Lipinski definition) is 5. The predicted octanol–water partition coefficient (Wildman–Crippen LogP) is 5.26. The Bertz CT molecular complexity index is 1380. The van der Waals surface area contributed by atoms with Gasteiger partial charge in [0.15, 0.2) is 0 Å². The summed E-state index contributed by atoms with van der Waals surface area (Å²) in [4.78, 5) is 18.0. The zero-order valence-electron chi connectivity index (χ0n) is 19.2. The number of hydrogen-bond donors (Lipinski definition) is 1. The van der Waals surface area contributed by atoms with Crippen LogP contribution in [0.2, 0.25) is 5.15 Å². The van der Waals surface area contributed by atoms with Crippen LogP contribution >= 0.6 is 23.2 Å². The van der Waals surface area contributed by atoms with Gasteiger partial charge in [-0.15, -0.1) is 11.6 Å². The summed E-state index contributed by atoms with van der Waals surface area (Å²) in [6.07, 6.45) is -4.58. The first kappa shape index (κ1) is 27.2. The molecular formula is C24H21Cl2F3N4O3S. The van der Waals surface area contributed by atoms with Crippen LogP contribution in [0.5, 0.6) is 0 Å². The minimum absolute atomic E-state index is 0.0330.